The van der Waals surface area contributed by atoms with Crippen LogP contribution in [0, 0.1) is 25.5 Å². The molecule has 2 aromatic rings. The lowest BCUT2D eigenvalue weighted by Crippen LogP contribution is -2.26. The van der Waals surface area contributed by atoms with Crippen molar-refractivity contribution in [3.8, 4) is 5.75 Å². The number of aliphatic hydroxyl groups excluding tert-OH is 1. The van der Waals surface area contributed by atoms with Crippen molar-refractivity contribution in [1.29, 1.82) is 0 Å². The Kier molecular flexibility index (Phi) is 5.54. The van der Waals surface area contributed by atoms with Gasteiger partial charge in [0.25, 0.3) is 0 Å². The number of nitrogens with one attached hydrogen (secondary N) is 1. The lowest BCUT2D eigenvalue weighted by Gasteiger charge is -2.18. The van der Waals surface area contributed by atoms with Crippen molar-refractivity contribution in [2.75, 3.05) is 18.5 Å². The largest absolute Gasteiger partial charge is 0.491 e. The molecule has 1 heterocycles. The number of anilines is 1. The van der Waals surface area contributed by atoms with Crippen LogP contribution in [-0.2, 0) is 6.54 Å². The molecule has 0 aliphatic carbocycles. The van der Waals surface area contributed by atoms with Gasteiger partial charge in [-0.2, -0.15) is 5.10 Å². The van der Waals surface area contributed by atoms with Crippen LogP contribution >= 0.6 is 0 Å². The number of hydrogen-bond donors (Lipinski definition) is 2. The molecule has 5 nitrogen and oxygen atoms in total. The van der Waals surface area contributed by atoms with Crippen LogP contribution in [0.3, 0.4) is 0 Å². The molecule has 0 saturated heterocycles. The normalized spacial score (nSPS) is 12.3. The fourth-order valence-electron chi connectivity index (χ4n) is 2.17. The minimum atomic E-state index is -0.935. The van der Waals surface area contributed by atoms with E-state index in [9.17, 15) is 8.78 Å². The lowest BCUT2D eigenvalue weighted by atomic mass is 10.2. The first-order chi connectivity index (χ1) is 10.9. The number of nitrogens with zero attached hydrogens (tertiary/aromatic N) is 2. The maximum absolute atomic E-state index is 13.1. The molecule has 1 atom stereocenters. The fraction of sp³-hybridized carbons (Fsp3) is 0.438. The van der Waals surface area contributed by atoms with Gasteiger partial charge in [-0.1, -0.05) is 0 Å². The number of benzene rings is 1. The highest BCUT2D eigenvalue weighted by Crippen LogP contribution is 2.20. The third kappa shape index (κ3) is 4.19. The first kappa shape index (κ1) is 17.2. The van der Waals surface area contributed by atoms with E-state index in [0.29, 0.717) is 6.54 Å². The van der Waals surface area contributed by atoms with E-state index in [1.807, 2.05) is 20.8 Å². The van der Waals surface area contributed by atoms with Crippen molar-refractivity contribution in [2.45, 2.75) is 33.4 Å². The maximum atomic E-state index is 13.1. The van der Waals surface area contributed by atoms with E-state index in [1.54, 1.807) is 4.68 Å². The predicted octanol–water partition coefficient (Wildman–Crippen LogP) is 2.65. The third-order valence-electron chi connectivity index (χ3n) is 3.51. The second kappa shape index (κ2) is 7.41. The zero-order valence-corrected chi connectivity index (χ0v) is 13.4. The van der Waals surface area contributed by atoms with Crippen LogP contribution in [-0.4, -0.2) is 34.1 Å². The minimum absolute atomic E-state index is 0.00498. The number of halogens is 2. The number of aryl methyl sites for hydroxylation is 1. The van der Waals surface area contributed by atoms with Crippen molar-refractivity contribution in [1.82, 2.24) is 9.78 Å². The molecule has 1 aromatic carbocycles. The van der Waals surface area contributed by atoms with Crippen LogP contribution in [0.1, 0.15) is 18.2 Å². The Hall–Kier alpha value is -2.15. The van der Waals surface area contributed by atoms with Crippen molar-refractivity contribution in [2.24, 2.45) is 0 Å². The summed E-state index contributed by atoms with van der Waals surface area (Å²) in [5.41, 5.74) is 1.88. The molecule has 1 aromatic heterocycles. The van der Waals surface area contributed by atoms with Gasteiger partial charge in [-0.15, -0.1) is 0 Å². The monoisotopic (exact) mass is 325 g/mol. The third-order valence-corrected chi connectivity index (χ3v) is 3.51. The Balaban J connectivity index is 1.99. The first-order valence-corrected chi connectivity index (χ1v) is 7.41. The van der Waals surface area contributed by atoms with E-state index in [1.165, 1.54) is 6.07 Å². The van der Waals surface area contributed by atoms with Crippen LogP contribution in [0.2, 0.25) is 0 Å². The van der Waals surface area contributed by atoms with Crippen LogP contribution in [0.15, 0.2) is 18.2 Å². The average molecular weight is 325 g/mol. The molecule has 126 valence electrons. The van der Waals surface area contributed by atoms with Gasteiger partial charge in [0.2, 0.25) is 0 Å². The number of aromatic nitrogens is 2. The zero-order chi connectivity index (χ0) is 17.0. The Morgan fingerprint density at radius 3 is 2.70 bits per heavy atom. The summed E-state index contributed by atoms with van der Waals surface area (Å²) in [6.45, 7) is 6.42. The molecule has 1 unspecified atom stereocenters. The van der Waals surface area contributed by atoms with Crippen molar-refractivity contribution in [3.63, 3.8) is 0 Å². The molecule has 0 bridgehead atoms. The van der Waals surface area contributed by atoms with Gasteiger partial charge in [0.15, 0.2) is 11.6 Å². The predicted molar refractivity (Wildman–Crippen MR) is 83.7 cm³/mol. The van der Waals surface area contributed by atoms with E-state index in [2.05, 4.69) is 10.4 Å². The molecule has 0 aliphatic heterocycles. The summed E-state index contributed by atoms with van der Waals surface area (Å²) in [5.74, 6) is -0.745. The molecule has 0 amide bonds. The van der Waals surface area contributed by atoms with E-state index < -0.39 is 11.6 Å². The second-order valence-electron chi connectivity index (χ2n) is 5.44. The summed E-state index contributed by atoms with van der Waals surface area (Å²) in [7, 11) is 0. The minimum Gasteiger partial charge on any atom is -0.491 e. The van der Waals surface area contributed by atoms with Crippen molar-refractivity contribution < 1.29 is 18.6 Å². The highest BCUT2D eigenvalue weighted by atomic mass is 19.2. The molecule has 7 heteroatoms. The fourth-order valence-corrected chi connectivity index (χ4v) is 2.17. The van der Waals surface area contributed by atoms with Crippen molar-refractivity contribution in [3.05, 3.63) is 41.1 Å². The van der Waals surface area contributed by atoms with Crippen molar-refractivity contribution >= 4 is 5.82 Å². The standard InChI is InChI=1S/C16H21F2N3O2/c1-10(9-23-13-4-5-14(17)15(18)8-13)19-16-11(2)12(3)20-21(16)6-7-22/h4-5,8,10,19,22H,6-7,9H2,1-3H3. The van der Waals surface area contributed by atoms with E-state index in [4.69, 9.17) is 9.84 Å². The second-order valence-corrected chi connectivity index (χ2v) is 5.44. The summed E-state index contributed by atoms with van der Waals surface area (Å²) in [4.78, 5) is 0. The highest BCUT2D eigenvalue weighted by molar-refractivity contribution is 5.47. The quantitative estimate of drug-likeness (QED) is 0.822. The molecule has 0 spiro atoms. The van der Waals surface area contributed by atoms with Crippen LogP contribution in [0.5, 0.6) is 5.75 Å². The summed E-state index contributed by atoms with van der Waals surface area (Å²) in [5, 5.41) is 16.7. The van der Waals surface area contributed by atoms with Crippen LogP contribution < -0.4 is 10.1 Å². The summed E-state index contributed by atoms with van der Waals surface area (Å²) in [6.07, 6.45) is 0. The maximum Gasteiger partial charge on any atom is 0.162 e. The van der Waals surface area contributed by atoms with Gasteiger partial charge < -0.3 is 15.2 Å². The summed E-state index contributed by atoms with van der Waals surface area (Å²) < 4.78 is 33.2. The van der Waals surface area contributed by atoms with E-state index in [0.717, 1.165) is 29.2 Å². The number of ether oxygens (including phenoxy) is 1. The molecule has 0 fully saturated rings. The SMILES string of the molecule is Cc1nn(CCO)c(NC(C)COc2ccc(F)c(F)c2)c1C. The van der Waals surface area contributed by atoms with Crippen LogP contribution in [0.4, 0.5) is 14.6 Å². The molecule has 23 heavy (non-hydrogen) atoms. The highest BCUT2D eigenvalue weighted by Gasteiger charge is 2.14. The number of rotatable bonds is 7. The molecule has 2 N–H and O–H groups in total. The van der Waals surface area contributed by atoms with Gasteiger partial charge in [-0.05, 0) is 32.9 Å². The van der Waals surface area contributed by atoms with E-state index in [-0.39, 0.29) is 25.0 Å². The topological polar surface area (TPSA) is 59.3 Å². The Morgan fingerprint density at radius 2 is 2.04 bits per heavy atom. The summed E-state index contributed by atoms with van der Waals surface area (Å²) in [6, 6.07) is 3.35. The smallest absolute Gasteiger partial charge is 0.162 e. The average Bonchev–Trinajstić information content (AvgIpc) is 2.77. The van der Waals surface area contributed by atoms with Gasteiger partial charge in [0, 0.05) is 11.6 Å². The lowest BCUT2D eigenvalue weighted by molar-refractivity contribution is 0.269. The van der Waals surface area contributed by atoms with Gasteiger partial charge in [-0.3, -0.25) is 0 Å². The molecule has 0 aliphatic rings. The van der Waals surface area contributed by atoms with Gasteiger partial charge in [0.1, 0.15) is 18.2 Å². The zero-order valence-electron chi connectivity index (χ0n) is 13.4. The number of hydrogen-bond acceptors (Lipinski definition) is 4. The Morgan fingerprint density at radius 1 is 1.30 bits per heavy atom. The summed E-state index contributed by atoms with van der Waals surface area (Å²) >= 11 is 0. The molecule has 0 radical (unpaired) electrons. The molecule has 0 saturated carbocycles. The van der Waals surface area contributed by atoms with Gasteiger partial charge >= 0.3 is 0 Å². The first-order valence-electron chi connectivity index (χ1n) is 7.41. The van der Waals surface area contributed by atoms with Gasteiger partial charge in [0.05, 0.1) is 24.9 Å². The molecular weight excluding hydrogens is 304 g/mol. The van der Waals surface area contributed by atoms with Crippen LogP contribution in [0.25, 0.3) is 0 Å². The van der Waals surface area contributed by atoms with Gasteiger partial charge in [-0.25, -0.2) is 13.5 Å². The molecular formula is C16H21F2N3O2. The van der Waals surface area contributed by atoms with E-state index >= 15 is 0 Å². The Labute approximate surface area is 133 Å². The molecule has 2 rings (SSSR count). The number of aliphatic hydroxyl groups is 1. The Bertz CT molecular complexity index is 674.